The summed E-state index contributed by atoms with van der Waals surface area (Å²) in [4.78, 5) is 0. The third-order valence-electron chi connectivity index (χ3n) is 1.89. The van der Waals surface area contributed by atoms with Crippen LogP contribution in [0.1, 0.15) is 13.8 Å². The number of benzene rings is 1. The number of halogens is 1. The lowest BCUT2D eigenvalue weighted by Gasteiger charge is -2.19. The third-order valence-corrected chi connectivity index (χ3v) is 5.10. The average molecular weight is 308 g/mol. The monoisotopic (exact) mass is 307 g/mol. The SMILES string of the molecule is CCOP(=O)(OCC)c1c(N)cccc1Br. The maximum Gasteiger partial charge on any atom is 0.364 e. The van der Waals surface area contributed by atoms with Crippen LogP contribution in [0.4, 0.5) is 5.69 Å². The van der Waals surface area contributed by atoms with Crippen LogP contribution in [0.2, 0.25) is 0 Å². The summed E-state index contributed by atoms with van der Waals surface area (Å²) in [5.74, 6) is 0. The molecule has 0 amide bonds. The van der Waals surface area contributed by atoms with Crippen LogP contribution < -0.4 is 11.0 Å². The van der Waals surface area contributed by atoms with E-state index in [1.807, 2.05) is 0 Å². The summed E-state index contributed by atoms with van der Waals surface area (Å²) in [5.41, 5.74) is 6.21. The molecule has 0 radical (unpaired) electrons. The van der Waals surface area contributed by atoms with Crippen molar-refractivity contribution in [1.82, 2.24) is 0 Å². The van der Waals surface area contributed by atoms with Crippen LogP contribution in [-0.2, 0) is 13.6 Å². The van der Waals surface area contributed by atoms with E-state index < -0.39 is 7.60 Å². The molecule has 1 rings (SSSR count). The Morgan fingerprint density at radius 3 is 2.31 bits per heavy atom. The fourth-order valence-electron chi connectivity index (χ4n) is 1.33. The lowest BCUT2D eigenvalue weighted by atomic mass is 10.3. The maximum atomic E-state index is 12.5. The second-order valence-corrected chi connectivity index (χ2v) is 5.82. The minimum absolute atomic E-state index is 0.304. The van der Waals surface area contributed by atoms with Gasteiger partial charge in [0.1, 0.15) is 5.30 Å². The van der Waals surface area contributed by atoms with E-state index in [-0.39, 0.29) is 0 Å². The summed E-state index contributed by atoms with van der Waals surface area (Å²) in [5, 5.41) is 0.402. The first-order valence-corrected chi connectivity index (χ1v) is 7.32. The van der Waals surface area contributed by atoms with Crippen molar-refractivity contribution in [1.29, 1.82) is 0 Å². The Bertz CT molecular complexity index is 381. The van der Waals surface area contributed by atoms with Gasteiger partial charge < -0.3 is 14.8 Å². The maximum absolute atomic E-state index is 12.5. The summed E-state index contributed by atoms with van der Waals surface area (Å²) < 4.78 is 23.6. The van der Waals surface area contributed by atoms with Crippen molar-refractivity contribution in [3.8, 4) is 0 Å². The molecule has 0 aliphatic carbocycles. The molecule has 0 aliphatic rings. The quantitative estimate of drug-likeness (QED) is 0.671. The fourth-order valence-corrected chi connectivity index (χ4v) is 4.10. The Hall–Kier alpha value is -0.350. The molecule has 2 N–H and O–H groups in total. The zero-order valence-corrected chi connectivity index (χ0v) is 11.8. The molecule has 0 saturated heterocycles. The Balaban J connectivity index is 3.26. The highest BCUT2D eigenvalue weighted by Gasteiger charge is 2.31. The van der Waals surface area contributed by atoms with E-state index in [0.29, 0.717) is 28.7 Å². The number of rotatable bonds is 5. The molecule has 1 aromatic carbocycles. The molecule has 0 fully saturated rings. The van der Waals surface area contributed by atoms with Crippen LogP contribution in [0.5, 0.6) is 0 Å². The van der Waals surface area contributed by atoms with Gasteiger partial charge >= 0.3 is 7.60 Å². The molecule has 90 valence electrons. The van der Waals surface area contributed by atoms with Crippen LogP contribution in [0, 0.1) is 0 Å². The third kappa shape index (κ3) is 2.86. The summed E-state index contributed by atoms with van der Waals surface area (Å²) in [6.07, 6.45) is 0. The standard InChI is InChI=1S/C10H15BrNO3P/c1-3-14-16(13,15-4-2)10-8(11)6-5-7-9(10)12/h5-7H,3-4,12H2,1-2H3. The molecule has 1 aromatic rings. The summed E-state index contributed by atoms with van der Waals surface area (Å²) in [7, 11) is -3.32. The summed E-state index contributed by atoms with van der Waals surface area (Å²) >= 11 is 3.31. The molecular formula is C10H15BrNO3P. The fraction of sp³-hybridized carbons (Fsp3) is 0.400. The Morgan fingerprint density at radius 2 is 1.88 bits per heavy atom. The van der Waals surface area contributed by atoms with Crippen LogP contribution in [0.25, 0.3) is 0 Å². The Labute approximate surface area is 104 Å². The van der Waals surface area contributed by atoms with E-state index in [1.165, 1.54) is 0 Å². The normalized spacial score (nSPS) is 11.7. The van der Waals surface area contributed by atoms with Crippen LogP contribution in [0.15, 0.2) is 22.7 Å². The van der Waals surface area contributed by atoms with Crippen molar-refractivity contribution < 1.29 is 13.6 Å². The second kappa shape index (κ2) is 5.82. The van der Waals surface area contributed by atoms with Crippen molar-refractivity contribution in [2.75, 3.05) is 18.9 Å². The van der Waals surface area contributed by atoms with E-state index in [9.17, 15) is 4.57 Å². The Morgan fingerprint density at radius 1 is 1.31 bits per heavy atom. The van der Waals surface area contributed by atoms with Crippen molar-refractivity contribution >= 4 is 34.5 Å². The smallest absolute Gasteiger partial charge is 0.364 e. The minimum Gasteiger partial charge on any atom is -0.398 e. The predicted octanol–water partition coefficient (Wildman–Crippen LogP) is 2.92. The van der Waals surface area contributed by atoms with Gasteiger partial charge in [0, 0.05) is 10.2 Å². The van der Waals surface area contributed by atoms with Crippen molar-refractivity contribution in [3.05, 3.63) is 22.7 Å². The number of nitrogen functional groups attached to an aromatic ring is 1. The molecule has 0 heterocycles. The zero-order chi connectivity index (χ0) is 12.2. The minimum atomic E-state index is -3.32. The van der Waals surface area contributed by atoms with Crippen molar-refractivity contribution in [3.63, 3.8) is 0 Å². The zero-order valence-electron chi connectivity index (χ0n) is 9.27. The van der Waals surface area contributed by atoms with Gasteiger partial charge in [-0.1, -0.05) is 6.07 Å². The largest absolute Gasteiger partial charge is 0.398 e. The summed E-state index contributed by atoms with van der Waals surface area (Å²) in [6, 6.07) is 5.20. The second-order valence-electron chi connectivity index (χ2n) is 3.01. The van der Waals surface area contributed by atoms with E-state index in [0.717, 1.165) is 0 Å². The molecule has 0 unspecified atom stereocenters. The molecule has 0 atom stereocenters. The first kappa shape index (κ1) is 13.7. The van der Waals surface area contributed by atoms with E-state index in [1.54, 1.807) is 32.0 Å². The average Bonchev–Trinajstić information content (AvgIpc) is 2.17. The van der Waals surface area contributed by atoms with Crippen molar-refractivity contribution in [2.24, 2.45) is 0 Å². The van der Waals surface area contributed by atoms with Crippen LogP contribution in [-0.4, -0.2) is 13.2 Å². The number of hydrogen-bond acceptors (Lipinski definition) is 4. The van der Waals surface area contributed by atoms with Gasteiger partial charge in [-0.25, -0.2) is 0 Å². The highest BCUT2D eigenvalue weighted by atomic mass is 79.9. The van der Waals surface area contributed by atoms with E-state index in [2.05, 4.69) is 15.9 Å². The molecular weight excluding hydrogens is 293 g/mol. The lowest BCUT2D eigenvalue weighted by Crippen LogP contribution is -2.16. The van der Waals surface area contributed by atoms with Crippen LogP contribution >= 0.6 is 23.5 Å². The first-order valence-electron chi connectivity index (χ1n) is 4.98. The molecule has 0 aromatic heterocycles. The number of nitrogens with two attached hydrogens (primary N) is 1. The lowest BCUT2D eigenvalue weighted by molar-refractivity contribution is 0.230. The van der Waals surface area contributed by atoms with Gasteiger partial charge in [0.2, 0.25) is 0 Å². The highest BCUT2D eigenvalue weighted by molar-refractivity contribution is 9.10. The number of anilines is 1. The number of hydrogen-bond donors (Lipinski definition) is 1. The van der Waals surface area contributed by atoms with Gasteiger partial charge in [0.05, 0.1) is 13.2 Å². The molecule has 0 spiro atoms. The Kier molecular flexibility index (Phi) is 4.99. The molecule has 0 bridgehead atoms. The van der Waals surface area contributed by atoms with Crippen molar-refractivity contribution in [2.45, 2.75) is 13.8 Å². The first-order chi connectivity index (χ1) is 7.55. The van der Waals surface area contributed by atoms with E-state index in [4.69, 9.17) is 14.8 Å². The molecule has 16 heavy (non-hydrogen) atoms. The molecule has 0 aliphatic heterocycles. The molecule has 0 saturated carbocycles. The van der Waals surface area contributed by atoms with Gasteiger partial charge in [0.25, 0.3) is 0 Å². The van der Waals surface area contributed by atoms with Gasteiger partial charge in [-0.2, -0.15) is 0 Å². The molecule has 4 nitrogen and oxygen atoms in total. The van der Waals surface area contributed by atoms with E-state index >= 15 is 0 Å². The van der Waals surface area contributed by atoms with Gasteiger partial charge in [-0.15, -0.1) is 0 Å². The van der Waals surface area contributed by atoms with Gasteiger partial charge in [-0.3, -0.25) is 4.57 Å². The molecule has 6 heteroatoms. The summed E-state index contributed by atoms with van der Waals surface area (Å²) in [6.45, 7) is 4.13. The highest BCUT2D eigenvalue weighted by Crippen LogP contribution is 2.50. The van der Waals surface area contributed by atoms with Gasteiger partial charge in [0.15, 0.2) is 0 Å². The van der Waals surface area contributed by atoms with Crippen LogP contribution in [0.3, 0.4) is 0 Å². The predicted molar refractivity (Wildman–Crippen MR) is 69.0 cm³/mol. The van der Waals surface area contributed by atoms with Gasteiger partial charge in [-0.05, 0) is 41.9 Å². The topological polar surface area (TPSA) is 61.5 Å².